The van der Waals surface area contributed by atoms with Gasteiger partial charge in [-0.1, -0.05) is 12.1 Å². The van der Waals surface area contributed by atoms with E-state index in [0.717, 1.165) is 17.1 Å². The van der Waals surface area contributed by atoms with Crippen LogP contribution in [0.3, 0.4) is 0 Å². The Kier molecular flexibility index (Phi) is 5.40. The van der Waals surface area contributed by atoms with Crippen LogP contribution in [0.5, 0.6) is 0 Å². The normalized spacial score (nSPS) is 14.4. The highest BCUT2D eigenvalue weighted by molar-refractivity contribution is 7.89. The van der Waals surface area contributed by atoms with Crippen LogP contribution >= 0.6 is 0 Å². The third kappa shape index (κ3) is 3.99. The maximum atomic E-state index is 14.9. The minimum Gasteiger partial charge on any atom is -0.396 e. The minimum atomic E-state index is -3.54. The van der Waals surface area contributed by atoms with Gasteiger partial charge in [-0.3, -0.25) is 5.10 Å². The third-order valence-corrected chi connectivity index (χ3v) is 6.82. The van der Waals surface area contributed by atoms with Crippen LogP contribution in [0, 0.1) is 5.82 Å². The molecule has 3 heterocycles. The van der Waals surface area contributed by atoms with Crippen molar-refractivity contribution in [3.8, 4) is 0 Å². The molecule has 4 aromatic rings. The molecule has 0 spiro atoms. The van der Waals surface area contributed by atoms with Crippen molar-refractivity contribution in [2.24, 2.45) is 0 Å². The van der Waals surface area contributed by atoms with E-state index >= 15 is 0 Å². The zero-order chi connectivity index (χ0) is 23.0. The first-order valence-electron chi connectivity index (χ1n) is 10.2. The third-order valence-electron chi connectivity index (χ3n) is 5.34. The van der Waals surface area contributed by atoms with Crippen LogP contribution in [0.4, 0.5) is 27.5 Å². The number of hydrogen-bond donors (Lipinski definition) is 4. The summed E-state index contributed by atoms with van der Waals surface area (Å²) in [4.78, 5) is 10.2. The quantitative estimate of drug-likeness (QED) is 0.324. The van der Waals surface area contributed by atoms with E-state index in [1.165, 1.54) is 6.07 Å². The maximum Gasteiger partial charge on any atom is 0.241 e. The molecule has 0 unspecified atom stereocenters. The fraction of sp³-hybridized carbons (Fsp3) is 0.190. The van der Waals surface area contributed by atoms with Crippen molar-refractivity contribution in [2.75, 3.05) is 23.4 Å². The zero-order valence-electron chi connectivity index (χ0n) is 17.3. The van der Waals surface area contributed by atoms with Gasteiger partial charge in [-0.15, -0.1) is 0 Å². The van der Waals surface area contributed by atoms with Crippen molar-refractivity contribution in [2.45, 2.75) is 17.9 Å². The first kappa shape index (κ1) is 21.2. The summed E-state index contributed by atoms with van der Waals surface area (Å²) in [7, 11) is -3.54. The van der Waals surface area contributed by atoms with Crippen molar-refractivity contribution < 1.29 is 17.9 Å². The van der Waals surface area contributed by atoms with E-state index in [0.29, 0.717) is 29.9 Å². The summed E-state index contributed by atoms with van der Waals surface area (Å²) in [6.45, 7) is 0.471. The first-order chi connectivity index (χ1) is 16.0. The Morgan fingerprint density at radius 2 is 2.09 bits per heavy atom. The van der Waals surface area contributed by atoms with Crippen LogP contribution in [0.15, 0.2) is 53.7 Å². The van der Waals surface area contributed by atoms with Gasteiger partial charge in [0, 0.05) is 30.8 Å². The maximum absolute atomic E-state index is 14.9. The van der Waals surface area contributed by atoms with E-state index < -0.39 is 15.8 Å². The number of aliphatic hydroxyl groups excluding tert-OH is 1. The molecular weight excluding hydrogens is 449 g/mol. The van der Waals surface area contributed by atoms with Gasteiger partial charge < -0.3 is 15.3 Å². The average molecular weight is 470 g/mol. The van der Waals surface area contributed by atoms with Crippen molar-refractivity contribution in [1.29, 1.82) is 0 Å². The number of H-pyrrole nitrogens is 1. The topological polar surface area (TPSA) is 136 Å². The van der Waals surface area contributed by atoms with Gasteiger partial charge in [0.1, 0.15) is 0 Å². The molecule has 1 aliphatic heterocycles. The predicted octanol–water partition coefficient (Wildman–Crippen LogP) is 2.55. The second-order valence-electron chi connectivity index (χ2n) is 7.47. The van der Waals surface area contributed by atoms with Crippen LogP contribution in [-0.2, 0) is 16.6 Å². The van der Waals surface area contributed by atoms with Crippen molar-refractivity contribution in [3.63, 3.8) is 0 Å². The van der Waals surface area contributed by atoms with Gasteiger partial charge in [0.05, 0.1) is 28.5 Å². The molecule has 12 heteroatoms. The van der Waals surface area contributed by atoms with E-state index in [9.17, 15) is 17.9 Å². The van der Waals surface area contributed by atoms with E-state index in [1.54, 1.807) is 23.2 Å². The van der Waals surface area contributed by atoms with E-state index in [-0.39, 0.29) is 29.8 Å². The Balaban J connectivity index is 1.53. The number of fused-ring (bicyclic) bond motifs is 2. The number of halogens is 1. The lowest BCUT2D eigenvalue weighted by atomic mass is 10.2. The number of nitrogens with zero attached hydrogens (tertiary/aromatic N) is 4. The average Bonchev–Trinajstić information content (AvgIpc) is 3.41. The molecule has 0 saturated heterocycles. The molecule has 0 amide bonds. The summed E-state index contributed by atoms with van der Waals surface area (Å²) in [6.07, 6.45) is 3.09. The van der Waals surface area contributed by atoms with Crippen LogP contribution in [0.25, 0.3) is 10.9 Å². The number of aromatic nitrogens is 4. The number of hydrogen-bond acceptors (Lipinski definition) is 8. The second-order valence-corrected chi connectivity index (χ2v) is 9.21. The Bertz CT molecular complexity index is 1440. The molecule has 0 saturated carbocycles. The smallest absolute Gasteiger partial charge is 0.241 e. The molecule has 4 N–H and O–H groups in total. The largest absolute Gasteiger partial charge is 0.396 e. The summed E-state index contributed by atoms with van der Waals surface area (Å²) in [5.74, 6) is -0.520. The monoisotopic (exact) mass is 469 g/mol. The Morgan fingerprint density at radius 3 is 2.94 bits per heavy atom. The Morgan fingerprint density at radius 1 is 1.21 bits per heavy atom. The summed E-state index contributed by atoms with van der Waals surface area (Å²) in [6, 6.07) is 10.4. The number of rotatable bonds is 7. The molecule has 170 valence electrons. The van der Waals surface area contributed by atoms with E-state index in [1.807, 2.05) is 18.2 Å². The van der Waals surface area contributed by atoms with Crippen molar-refractivity contribution in [3.05, 3.63) is 60.2 Å². The standard InChI is InChI=1S/C21H20FN7O3S/c22-16-12-23-21(26-14-6-5-13-10-25-33(31,32)19(13)9-14)27-20(16)29(7-2-8-30)18-4-1-3-17-15(18)11-24-28-17/h1,3-6,9,11-12,25,30H,2,7-8,10H2,(H,24,28)(H,23,26,27). The number of aliphatic hydroxyl groups is 1. The van der Waals surface area contributed by atoms with Gasteiger partial charge in [-0.25, -0.2) is 22.5 Å². The highest BCUT2D eigenvalue weighted by Crippen LogP contribution is 2.33. The van der Waals surface area contributed by atoms with Crippen molar-refractivity contribution in [1.82, 2.24) is 24.9 Å². The summed E-state index contributed by atoms with van der Waals surface area (Å²) < 4.78 is 41.6. The van der Waals surface area contributed by atoms with E-state index in [2.05, 4.69) is 30.2 Å². The molecule has 10 nitrogen and oxygen atoms in total. The predicted molar refractivity (Wildman–Crippen MR) is 121 cm³/mol. The fourth-order valence-corrected chi connectivity index (χ4v) is 5.04. The molecule has 33 heavy (non-hydrogen) atoms. The SMILES string of the molecule is O=S1(=O)NCc2ccc(Nc3ncc(F)c(N(CCCO)c4cccc5[nH]ncc45)n3)cc21. The number of aromatic amines is 1. The molecule has 0 radical (unpaired) electrons. The Labute approximate surface area is 188 Å². The van der Waals surface area contributed by atoms with Gasteiger partial charge in [-0.2, -0.15) is 10.1 Å². The molecule has 2 aromatic heterocycles. The number of benzene rings is 2. The molecule has 2 aromatic carbocycles. The van der Waals surface area contributed by atoms with Gasteiger partial charge in [0.15, 0.2) is 11.6 Å². The lowest BCUT2D eigenvalue weighted by molar-refractivity contribution is 0.290. The highest BCUT2D eigenvalue weighted by atomic mass is 32.2. The lowest BCUT2D eigenvalue weighted by Crippen LogP contribution is -2.22. The second kappa shape index (κ2) is 8.39. The van der Waals surface area contributed by atoms with Gasteiger partial charge in [0.2, 0.25) is 16.0 Å². The molecular formula is C21H20FN7O3S. The molecule has 0 bridgehead atoms. The zero-order valence-corrected chi connectivity index (χ0v) is 18.1. The molecule has 1 aliphatic rings. The van der Waals surface area contributed by atoms with Gasteiger partial charge in [-0.05, 0) is 36.2 Å². The summed E-state index contributed by atoms with van der Waals surface area (Å²) in [5, 5.41) is 20.1. The molecule has 0 fully saturated rings. The molecule has 0 atom stereocenters. The fourth-order valence-electron chi connectivity index (χ4n) is 3.77. The Hall–Kier alpha value is -3.61. The summed E-state index contributed by atoms with van der Waals surface area (Å²) >= 11 is 0. The minimum absolute atomic E-state index is 0.0186. The summed E-state index contributed by atoms with van der Waals surface area (Å²) in [5.41, 5.74) is 2.58. The van der Waals surface area contributed by atoms with Gasteiger partial charge in [0.25, 0.3) is 0 Å². The lowest BCUT2D eigenvalue weighted by Gasteiger charge is -2.25. The number of anilines is 4. The van der Waals surface area contributed by atoms with Crippen LogP contribution < -0.4 is 14.9 Å². The van der Waals surface area contributed by atoms with Crippen LogP contribution in [-0.4, -0.2) is 46.8 Å². The van der Waals surface area contributed by atoms with Crippen LogP contribution in [0.2, 0.25) is 0 Å². The first-order valence-corrected chi connectivity index (χ1v) is 11.7. The molecule has 0 aliphatic carbocycles. The number of sulfonamides is 1. The van der Waals surface area contributed by atoms with Crippen LogP contribution in [0.1, 0.15) is 12.0 Å². The van der Waals surface area contributed by atoms with Crippen molar-refractivity contribution >= 4 is 44.1 Å². The van der Waals surface area contributed by atoms with Gasteiger partial charge >= 0.3 is 0 Å². The van der Waals surface area contributed by atoms with E-state index in [4.69, 9.17) is 0 Å². The molecule has 5 rings (SSSR count). The highest BCUT2D eigenvalue weighted by Gasteiger charge is 2.26. The number of nitrogens with one attached hydrogen (secondary N) is 3.